The number of carbonyl (C=O) groups is 1. The van der Waals surface area contributed by atoms with Gasteiger partial charge in [0.2, 0.25) is 5.91 Å². The fourth-order valence-corrected chi connectivity index (χ4v) is 4.64. The van der Waals surface area contributed by atoms with E-state index in [9.17, 15) is 4.79 Å². The highest BCUT2D eigenvalue weighted by Crippen LogP contribution is 2.35. The third kappa shape index (κ3) is 5.29. The van der Waals surface area contributed by atoms with Crippen LogP contribution in [-0.2, 0) is 17.8 Å². The molecule has 3 aromatic rings. The predicted octanol–water partition coefficient (Wildman–Crippen LogP) is 4.27. The molecule has 1 fully saturated rings. The van der Waals surface area contributed by atoms with Gasteiger partial charge in [-0.3, -0.25) is 19.7 Å². The van der Waals surface area contributed by atoms with Crippen LogP contribution in [0.25, 0.3) is 11.1 Å². The van der Waals surface area contributed by atoms with Crippen LogP contribution in [0.2, 0.25) is 0 Å². The second kappa shape index (κ2) is 10.3. The number of aromatic nitrogens is 2. The summed E-state index contributed by atoms with van der Waals surface area (Å²) in [6, 6.07) is 18.5. The van der Waals surface area contributed by atoms with Gasteiger partial charge in [0.15, 0.2) is 0 Å². The maximum absolute atomic E-state index is 13.4. The van der Waals surface area contributed by atoms with Crippen molar-refractivity contribution in [2.24, 2.45) is 5.41 Å². The Morgan fingerprint density at radius 1 is 1.09 bits per heavy atom. The molecule has 0 saturated carbocycles. The molecule has 1 N–H and O–H groups in total. The number of hydrogen-bond donors (Lipinski definition) is 1. The van der Waals surface area contributed by atoms with Gasteiger partial charge in [0.05, 0.1) is 11.1 Å². The molecule has 0 aliphatic carbocycles. The molecule has 1 saturated heterocycles. The molecule has 1 atom stereocenters. The quantitative estimate of drug-likeness (QED) is 0.547. The van der Waals surface area contributed by atoms with E-state index in [1.807, 2.05) is 48.9 Å². The van der Waals surface area contributed by atoms with E-state index in [-0.39, 0.29) is 5.91 Å². The van der Waals surface area contributed by atoms with E-state index < -0.39 is 5.41 Å². The van der Waals surface area contributed by atoms with Crippen LogP contribution in [-0.4, -0.2) is 40.4 Å². The van der Waals surface area contributed by atoms with E-state index in [0.29, 0.717) is 19.5 Å². The van der Waals surface area contributed by atoms with Crippen LogP contribution in [0.3, 0.4) is 0 Å². The smallest absolute Gasteiger partial charge is 0.228 e. The lowest BCUT2D eigenvalue weighted by atomic mass is 9.74. The van der Waals surface area contributed by atoms with E-state index in [1.54, 1.807) is 6.08 Å². The first-order chi connectivity index (χ1) is 15.7. The molecule has 0 unspecified atom stereocenters. The predicted molar refractivity (Wildman–Crippen MR) is 128 cm³/mol. The van der Waals surface area contributed by atoms with Crippen LogP contribution >= 0.6 is 0 Å². The third-order valence-corrected chi connectivity index (χ3v) is 6.14. The fourth-order valence-electron chi connectivity index (χ4n) is 4.64. The number of pyridine rings is 2. The molecule has 1 aliphatic rings. The minimum absolute atomic E-state index is 0.109. The van der Waals surface area contributed by atoms with Crippen molar-refractivity contribution in [1.29, 1.82) is 0 Å². The van der Waals surface area contributed by atoms with Crippen LogP contribution in [0, 0.1) is 5.41 Å². The number of carbonyl (C=O) groups excluding carboxylic acids is 1. The Labute approximate surface area is 190 Å². The SMILES string of the molecule is C=CCNC(=O)[C@@]1(Cc2cccc(-c3ccncc3)c2)CCCN(Cc2ccccn2)C1. The van der Waals surface area contributed by atoms with Gasteiger partial charge in [-0.25, -0.2) is 0 Å². The Balaban J connectivity index is 1.59. The number of likely N-dealkylation sites (tertiary alicyclic amines) is 1. The second-order valence-electron chi connectivity index (χ2n) is 8.53. The lowest BCUT2D eigenvalue weighted by molar-refractivity contribution is -0.134. The molecule has 0 radical (unpaired) electrons. The molecule has 5 heteroatoms. The topological polar surface area (TPSA) is 58.1 Å². The molecule has 5 nitrogen and oxygen atoms in total. The van der Waals surface area contributed by atoms with Crippen molar-refractivity contribution < 1.29 is 4.79 Å². The monoisotopic (exact) mass is 426 g/mol. The summed E-state index contributed by atoms with van der Waals surface area (Å²) >= 11 is 0. The molecular formula is C27H30N4O. The lowest BCUT2D eigenvalue weighted by Crippen LogP contribution is -2.53. The number of rotatable bonds is 8. The number of amides is 1. The van der Waals surface area contributed by atoms with E-state index in [0.717, 1.165) is 42.8 Å². The van der Waals surface area contributed by atoms with Gasteiger partial charge in [-0.1, -0.05) is 36.4 Å². The van der Waals surface area contributed by atoms with Gasteiger partial charge in [-0.2, -0.15) is 0 Å². The standard InChI is InChI=1S/C27H30N4O/c1-2-13-30-26(32)27(12-6-17-31(21-27)20-25-9-3-4-14-29-25)19-22-7-5-8-24(18-22)23-10-15-28-16-11-23/h2-5,7-11,14-16,18H,1,6,12-13,17,19-21H2,(H,30,32)/t27-/m1/s1. The van der Waals surface area contributed by atoms with Gasteiger partial charge in [-0.15, -0.1) is 6.58 Å². The van der Waals surface area contributed by atoms with Crippen LogP contribution in [0.5, 0.6) is 0 Å². The Bertz CT molecular complexity index is 1040. The molecule has 164 valence electrons. The van der Waals surface area contributed by atoms with Crippen LogP contribution in [0.1, 0.15) is 24.1 Å². The number of piperidine rings is 1. The Morgan fingerprint density at radius 2 is 1.97 bits per heavy atom. The maximum Gasteiger partial charge on any atom is 0.228 e. The minimum atomic E-state index is -0.479. The highest BCUT2D eigenvalue weighted by Gasteiger charge is 2.42. The van der Waals surface area contributed by atoms with E-state index in [4.69, 9.17) is 0 Å². The van der Waals surface area contributed by atoms with E-state index in [1.165, 1.54) is 5.56 Å². The minimum Gasteiger partial charge on any atom is -0.352 e. The molecule has 0 spiro atoms. The van der Waals surface area contributed by atoms with Crippen molar-refractivity contribution in [1.82, 2.24) is 20.2 Å². The number of nitrogens with zero attached hydrogens (tertiary/aromatic N) is 3. The van der Waals surface area contributed by atoms with Gasteiger partial charge in [-0.05, 0) is 66.8 Å². The zero-order chi connectivity index (χ0) is 22.2. The molecular weight excluding hydrogens is 396 g/mol. The molecule has 1 aromatic carbocycles. The average molecular weight is 427 g/mol. The summed E-state index contributed by atoms with van der Waals surface area (Å²) in [5.74, 6) is 0.109. The average Bonchev–Trinajstić information content (AvgIpc) is 2.84. The van der Waals surface area contributed by atoms with Gasteiger partial charge >= 0.3 is 0 Å². The second-order valence-corrected chi connectivity index (χ2v) is 8.53. The van der Waals surface area contributed by atoms with Crippen LogP contribution in [0.4, 0.5) is 0 Å². The summed E-state index contributed by atoms with van der Waals surface area (Å²) in [5.41, 5.74) is 4.01. The highest BCUT2D eigenvalue weighted by molar-refractivity contribution is 5.83. The van der Waals surface area contributed by atoms with Gasteiger partial charge < -0.3 is 5.32 Å². The zero-order valence-corrected chi connectivity index (χ0v) is 18.4. The molecule has 32 heavy (non-hydrogen) atoms. The summed E-state index contributed by atoms with van der Waals surface area (Å²) in [7, 11) is 0. The molecule has 3 heterocycles. The van der Waals surface area contributed by atoms with E-state index in [2.05, 4.69) is 51.0 Å². The van der Waals surface area contributed by atoms with E-state index >= 15 is 0 Å². The van der Waals surface area contributed by atoms with Crippen molar-refractivity contribution in [3.05, 3.63) is 97.1 Å². The normalized spacial score (nSPS) is 18.8. The molecule has 1 aliphatic heterocycles. The van der Waals surface area contributed by atoms with Crippen molar-refractivity contribution in [2.75, 3.05) is 19.6 Å². The summed E-state index contributed by atoms with van der Waals surface area (Å²) in [6.07, 6.45) is 9.74. The highest BCUT2D eigenvalue weighted by atomic mass is 16.2. The first-order valence-corrected chi connectivity index (χ1v) is 11.2. The third-order valence-electron chi connectivity index (χ3n) is 6.14. The summed E-state index contributed by atoms with van der Waals surface area (Å²) in [5, 5.41) is 3.09. The largest absolute Gasteiger partial charge is 0.352 e. The van der Waals surface area contributed by atoms with Crippen molar-refractivity contribution in [3.63, 3.8) is 0 Å². The van der Waals surface area contributed by atoms with Crippen molar-refractivity contribution >= 4 is 5.91 Å². The fraction of sp³-hybridized carbons (Fsp3) is 0.296. The lowest BCUT2D eigenvalue weighted by Gasteiger charge is -2.42. The number of hydrogen-bond acceptors (Lipinski definition) is 4. The number of benzene rings is 1. The Kier molecular flexibility index (Phi) is 7.07. The first kappa shape index (κ1) is 21.9. The van der Waals surface area contributed by atoms with Gasteiger partial charge in [0, 0.05) is 38.2 Å². The summed E-state index contributed by atoms with van der Waals surface area (Å²) in [6.45, 7) is 6.69. The first-order valence-electron chi connectivity index (χ1n) is 11.2. The zero-order valence-electron chi connectivity index (χ0n) is 18.4. The number of nitrogens with one attached hydrogen (secondary N) is 1. The summed E-state index contributed by atoms with van der Waals surface area (Å²) < 4.78 is 0. The van der Waals surface area contributed by atoms with Gasteiger partial charge in [0.1, 0.15) is 0 Å². The molecule has 4 rings (SSSR count). The summed E-state index contributed by atoms with van der Waals surface area (Å²) in [4.78, 5) is 24.4. The van der Waals surface area contributed by atoms with Crippen molar-refractivity contribution in [2.45, 2.75) is 25.8 Å². The maximum atomic E-state index is 13.4. The van der Waals surface area contributed by atoms with Crippen LogP contribution in [0.15, 0.2) is 85.8 Å². The Hall–Kier alpha value is -3.31. The molecule has 1 amide bonds. The molecule has 2 aromatic heterocycles. The van der Waals surface area contributed by atoms with Crippen molar-refractivity contribution in [3.8, 4) is 11.1 Å². The van der Waals surface area contributed by atoms with Gasteiger partial charge in [0.25, 0.3) is 0 Å². The van der Waals surface area contributed by atoms with Crippen LogP contribution < -0.4 is 5.32 Å². The molecule has 0 bridgehead atoms. The Morgan fingerprint density at radius 3 is 2.75 bits per heavy atom.